The Morgan fingerprint density at radius 2 is 2.27 bits per heavy atom. The van der Waals surface area contributed by atoms with Crippen molar-refractivity contribution in [1.29, 1.82) is 0 Å². The molecule has 3 heterocycles. The predicted octanol–water partition coefficient (Wildman–Crippen LogP) is 5.28. The van der Waals surface area contributed by atoms with Crippen molar-refractivity contribution < 1.29 is 13.9 Å². The van der Waals surface area contributed by atoms with E-state index >= 15 is 0 Å². The fraction of sp³-hybridized carbons (Fsp3) is 0.250. The van der Waals surface area contributed by atoms with E-state index in [1.54, 1.807) is 17.7 Å². The standard InChI is InChI=1S/C20H18ClFN4O2S2/c1-3-28-18(27)16-11(2)23-19-24-20(25-26(19)17(16)15-5-4-8-29-15)30-10-12-6-7-13(22)9-14(12)21/h4-9,17H,3,10H2,1-2H3,(H,23,24,25). The molecule has 3 aromatic rings. The molecule has 1 aromatic carbocycles. The van der Waals surface area contributed by atoms with Crippen LogP contribution in [0.15, 0.2) is 52.1 Å². The lowest BCUT2D eigenvalue weighted by molar-refractivity contribution is -0.139. The predicted molar refractivity (Wildman–Crippen MR) is 116 cm³/mol. The van der Waals surface area contributed by atoms with E-state index in [1.165, 1.54) is 35.2 Å². The van der Waals surface area contributed by atoms with Gasteiger partial charge >= 0.3 is 5.97 Å². The van der Waals surface area contributed by atoms with Crippen LogP contribution in [0.3, 0.4) is 0 Å². The molecule has 1 atom stereocenters. The third-order valence-corrected chi connectivity index (χ3v) is 6.68. The second kappa shape index (κ2) is 8.79. The number of carbonyl (C=O) groups is 1. The molecule has 156 valence electrons. The molecule has 4 rings (SSSR count). The van der Waals surface area contributed by atoms with Crippen molar-refractivity contribution in [3.8, 4) is 0 Å². The van der Waals surface area contributed by atoms with Crippen molar-refractivity contribution in [3.63, 3.8) is 0 Å². The number of hydrogen-bond donors (Lipinski definition) is 1. The smallest absolute Gasteiger partial charge is 0.338 e. The molecule has 1 N–H and O–H groups in total. The first-order chi connectivity index (χ1) is 14.5. The van der Waals surface area contributed by atoms with E-state index in [1.807, 2.05) is 24.4 Å². The molecule has 30 heavy (non-hydrogen) atoms. The van der Waals surface area contributed by atoms with Gasteiger partial charge in [-0.3, -0.25) is 0 Å². The molecular weight excluding hydrogens is 447 g/mol. The van der Waals surface area contributed by atoms with Crippen LogP contribution in [0, 0.1) is 5.82 Å². The summed E-state index contributed by atoms with van der Waals surface area (Å²) in [6.45, 7) is 3.90. The lowest BCUT2D eigenvalue weighted by Gasteiger charge is -2.26. The Bertz CT molecular complexity index is 1110. The van der Waals surface area contributed by atoms with E-state index in [0.717, 1.165) is 10.4 Å². The quantitative estimate of drug-likeness (QED) is 0.395. The van der Waals surface area contributed by atoms with Crippen LogP contribution in [0.2, 0.25) is 5.02 Å². The van der Waals surface area contributed by atoms with Gasteiger partial charge in [-0.2, -0.15) is 4.98 Å². The van der Waals surface area contributed by atoms with Gasteiger partial charge in [0.05, 0.1) is 12.2 Å². The van der Waals surface area contributed by atoms with Gasteiger partial charge in [-0.1, -0.05) is 35.5 Å². The maximum absolute atomic E-state index is 13.3. The maximum atomic E-state index is 13.3. The number of thioether (sulfide) groups is 1. The zero-order valence-corrected chi connectivity index (χ0v) is 18.6. The number of aromatic nitrogens is 3. The average molecular weight is 465 g/mol. The molecule has 2 aromatic heterocycles. The number of anilines is 1. The van der Waals surface area contributed by atoms with Crippen LogP contribution in [-0.2, 0) is 15.3 Å². The number of benzene rings is 1. The van der Waals surface area contributed by atoms with Gasteiger partial charge in [0, 0.05) is 21.3 Å². The summed E-state index contributed by atoms with van der Waals surface area (Å²) in [4.78, 5) is 18.2. The third-order valence-electron chi connectivity index (χ3n) is 4.51. The first-order valence-corrected chi connectivity index (χ1v) is 11.4. The van der Waals surface area contributed by atoms with Gasteiger partial charge in [0.1, 0.15) is 11.9 Å². The third kappa shape index (κ3) is 4.10. The minimum atomic E-state index is -0.420. The van der Waals surface area contributed by atoms with E-state index in [2.05, 4.69) is 15.4 Å². The molecule has 0 bridgehead atoms. The lowest BCUT2D eigenvalue weighted by Crippen LogP contribution is -2.29. The summed E-state index contributed by atoms with van der Waals surface area (Å²) in [5, 5.41) is 10.6. The van der Waals surface area contributed by atoms with Gasteiger partial charge in [0.15, 0.2) is 0 Å². The Morgan fingerprint density at radius 1 is 1.43 bits per heavy atom. The number of esters is 1. The first-order valence-electron chi connectivity index (χ1n) is 9.19. The molecule has 0 amide bonds. The molecule has 6 nitrogen and oxygen atoms in total. The van der Waals surface area contributed by atoms with Crippen LogP contribution in [0.5, 0.6) is 0 Å². The number of nitrogens with one attached hydrogen (secondary N) is 1. The lowest BCUT2D eigenvalue weighted by atomic mass is 10.0. The molecule has 1 unspecified atom stereocenters. The normalized spacial score (nSPS) is 15.7. The summed E-state index contributed by atoms with van der Waals surface area (Å²) < 4.78 is 20.3. The van der Waals surface area contributed by atoms with Crippen LogP contribution in [-0.4, -0.2) is 27.3 Å². The number of rotatable bonds is 6. The molecule has 0 saturated heterocycles. The monoisotopic (exact) mass is 464 g/mol. The largest absolute Gasteiger partial charge is 0.463 e. The summed E-state index contributed by atoms with van der Waals surface area (Å²) >= 11 is 9.05. The fourth-order valence-corrected chi connectivity index (χ4v) is 5.12. The summed E-state index contributed by atoms with van der Waals surface area (Å²) in [5.41, 5.74) is 1.99. The zero-order valence-electron chi connectivity index (χ0n) is 16.2. The number of allylic oxidation sites excluding steroid dienone is 1. The van der Waals surface area contributed by atoms with Crippen molar-refractivity contribution >= 4 is 46.6 Å². The van der Waals surface area contributed by atoms with Crippen LogP contribution in [0.4, 0.5) is 10.3 Å². The number of ether oxygens (including phenoxy) is 1. The molecule has 0 aliphatic carbocycles. The van der Waals surface area contributed by atoms with Crippen molar-refractivity contribution in [3.05, 3.63) is 68.3 Å². The van der Waals surface area contributed by atoms with Gasteiger partial charge in [-0.25, -0.2) is 13.9 Å². The number of halogens is 2. The number of nitrogens with zero attached hydrogens (tertiary/aromatic N) is 3. The zero-order chi connectivity index (χ0) is 21.3. The van der Waals surface area contributed by atoms with E-state index < -0.39 is 6.04 Å². The van der Waals surface area contributed by atoms with E-state index in [9.17, 15) is 9.18 Å². The number of thiophene rings is 1. The number of carbonyl (C=O) groups excluding carboxylic acids is 1. The highest BCUT2D eigenvalue weighted by atomic mass is 35.5. The van der Waals surface area contributed by atoms with Crippen molar-refractivity contribution in [1.82, 2.24) is 14.8 Å². The molecule has 0 saturated carbocycles. The number of fused-ring (bicyclic) bond motifs is 1. The topological polar surface area (TPSA) is 69.0 Å². The van der Waals surface area contributed by atoms with E-state index in [-0.39, 0.29) is 18.4 Å². The van der Waals surface area contributed by atoms with E-state index in [4.69, 9.17) is 16.3 Å². The van der Waals surface area contributed by atoms with Crippen LogP contribution < -0.4 is 5.32 Å². The van der Waals surface area contributed by atoms with Crippen LogP contribution in [0.25, 0.3) is 0 Å². The highest BCUT2D eigenvalue weighted by molar-refractivity contribution is 7.98. The molecule has 1 aliphatic rings. The van der Waals surface area contributed by atoms with Crippen LogP contribution in [0.1, 0.15) is 30.3 Å². The molecule has 0 fully saturated rings. The Balaban J connectivity index is 1.65. The van der Waals surface area contributed by atoms with Gasteiger partial charge < -0.3 is 10.1 Å². The highest BCUT2D eigenvalue weighted by Crippen LogP contribution is 2.38. The summed E-state index contributed by atoms with van der Waals surface area (Å²) in [5.74, 6) is 0.282. The van der Waals surface area contributed by atoms with Gasteiger partial charge in [-0.05, 0) is 43.0 Å². The molecule has 0 spiro atoms. The molecule has 0 radical (unpaired) electrons. The number of hydrogen-bond acceptors (Lipinski definition) is 7. The molecule has 10 heteroatoms. The second-order valence-electron chi connectivity index (χ2n) is 6.49. The average Bonchev–Trinajstić information content (AvgIpc) is 3.36. The minimum Gasteiger partial charge on any atom is -0.463 e. The first kappa shape index (κ1) is 20.9. The Kier molecular flexibility index (Phi) is 6.12. The SMILES string of the molecule is CCOC(=O)C1=C(C)Nc2nc(SCc3ccc(F)cc3Cl)nn2C1c1cccs1. The van der Waals surface area contributed by atoms with Gasteiger partial charge in [0.2, 0.25) is 11.1 Å². The summed E-state index contributed by atoms with van der Waals surface area (Å²) in [7, 11) is 0. The Labute approximate surface area is 186 Å². The van der Waals surface area contributed by atoms with Gasteiger partial charge in [-0.15, -0.1) is 16.4 Å². The molecule has 1 aliphatic heterocycles. The second-order valence-corrected chi connectivity index (χ2v) is 8.82. The Hall–Kier alpha value is -2.36. The van der Waals surface area contributed by atoms with Crippen LogP contribution >= 0.6 is 34.7 Å². The highest BCUT2D eigenvalue weighted by Gasteiger charge is 2.35. The summed E-state index contributed by atoms with van der Waals surface area (Å²) in [6.07, 6.45) is 0. The van der Waals surface area contributed by atoms with E-state index in [0.29, 0.717) is 33.2 Å². The maximum Gasteiger partial charge on any atom is 0.338 e. The van der Waals surface area contributed by atoms with Crippen molar-refractivity contribution in [2.45, 2.75) is 30.8 Å². The Morgan fingerprint density at radius 3 is 2.97 bits per heavy atom. The van der Waals surface area contributed by atoms with Crippen molar-refractivity contribution in [2.75, 3.05) is 11.9 Å². The summed E-state index contributed by atoms with van der Waals surface area (Å²) in [6, 6.07) is 7.79. The van der Waals surface area contributed by atoms with Crippen molar-refractivity contribution in [2.24, 2.45) is 0 Å². The minimum absolute atomic E-state index is 0.288. The molecular formula is C20H18ClFN4O2S2. The van der Waals surface area contributed by atoms with Gasteiger partial charge in [0.25, 0.3) is 0 Å². The fourth-order valence-electron chi connectivity index (χ4n) is 3.16.